The number of carbonyl (C=O) groups is 1. The predicted molar refractivity (Wildman–Crippen MR) is 128 cm³/mol. The number of nitriles is 1. The molecular weight excluding hydrogens is 447 g/mol. The molecule has 0 heterocycles. The van der Waals surface area contributed by atoms with Crippen molar-refractivity contribution in [3.8, 4) is 17.6 Å². The molecule has 162 valence electrons. The fourth-order valence-electron chi connectivity index (χ4n) is 2.85. The van der Waals surface area contributed by atoms with Crippen molar-refractivity contribution in [3.05, 3.63) is 87.4 Å². The van der Waals surface area contributed by atoms with Gasteiger partial charge in [-0.25, -0.2) is 0 Å². The van der Waals surface area contributed by atoms with Crippen LogP contribution in [0.15, 0.2) is 60.7 Å². The maximum absolute atomic E-state index is 12.2. The lowest BCUT2D eigenvalue weighted by Crippen LogP contribution is -2.20. The van der Waals surface area contributed by atoms with Crippen LogP contribution in [0.25, 0.3) is 11.6 Å². The third kappa shape index (κ3) is 6.04. The summed E-state index contributed by atoms with van der Waals surface area (Å²) in [6.45, 7) is 1.67. The molecule has 1 N–H and O–H groups in total. The van der Waals surface area contributed by atoms with Gasteiger partial charge in [0.2, 0.25) is 0 Å². The van der Waals surface area contributed by atoms with Crippen LogP contribution >= 0.6 is 23.2 Å². The Balaban J connectivity index is 1.66. The highest BCUT2D eigenvalue weighted by atomic mass is 35.5. The molecular formula is C25H20Cl2N2O3. The van der Waals surface area contributed by atoms with E-state index in [0.29, 0.717) is 32.8 Å². The number of ether oxygens (including phenoxy) is 2. The van der Waals surface area contributed by atoms with Gasteiger partial charge in [0.15, 0.2) is 6.61 Å². The quantitative estimate of drug-likeness (QED) is 0.323. The molecule has 0 radical (unpaired) electrons. The zero-order valence-corrected chi connectivity index (χ0v) is 19.0. The minimum Gasteiger partial charge on any atom is -0.497 e. The largest absolute Gasteiger partial charge is 0.497 e. The number of methoxy groups -OCH3 is 1. The van der Waals surface area contributed by atoms with E-state index >= 15 is 0 Å². The number of amides is 1. The van der Waals surface area contributed by atoms with E-state index in [9.17, 15) is 10.1 Å². The van der Waals surface area contributed by atoms with E-state index in [1.165, 1.54) is 0 Å². The zero-order chi connectivity index (χ0) is 23.1. The molecule has 0 aliphatic rings. The third-order valence-electron chi connectivity index (χ3n) is 4.60. The van der Waals surface area contributed by atoms with Gasteiger partial charge in [0, 0.05) is 10.7 Å². The number of anilines is 1. The number of halogens is 2. The Bertz CT molecular complexity index is 1200. The second-order valence-electron chi connectivity index (χ2n) is 6.89. The molecule has 0 saturated carbocycles. The first kappa shape index (κ1) is 23.2. The van der Waals surface area contributed by atoms with E-state index in [2.05, 4.69) is 11.4 Å². The monoisotopic (exact) mass is 466 g/mol. The average molecular weight is 467 g/mol. The third-order valence-corrected chi connectivity index (χ3v) is 5.31. The summed E-state index contributed by atoms with van der Waals surface area (Å²) in [7, 11) is 1.59. The van der Waals surface area contributed by atoms with E-state index in [-0.39, 0.29) is 12.5 Å². The molecule has 0 saturated heterocycles. The number of hydrogen-bond acceptors (Lipinski definition) is 4. The maximum Gasteiger partial charge on any atom is 0.262 e. The maximum atomic E-state index is 12.2. The van der Waals surface area contributed by atoms with Gasteiger partial charge in [-0.2, -0.15) is 5.26 Å². The van der Waals surface area contributed by atoms with E-state index in [0.717, 1.165) is 16.7 Å². The Labute approximate surface area is 196 Å². The smallest absolute Gasteiger partial charge is 0.262 e. The van der Waals surface area contributed by atoms with Gasteiger partial charge in [0.1, 0.15) is 11.5 Å². The molecule has 0 unspecified atom stereocenters. The van der Waals surface area contributed by atoms with Crippen LogP contribution in [0, 0.1) is 18.3 Å². The molecule has 0 fully saturated rings. The highest BCUT2D eigenvalue weighted by Gasteiger charge is 2.09. The van der Waals surface area contributed by atoms with Gasteiger partial charge < -0.3 is 14.8 Å². The Kier molecular flexibility index (Phi) is 7.77. The van der Waals surface area contributed by atoms with Gasteiger partial charge in [-0.05, 0) is 78.2 Å². The summed E-state index contributed by atoms with van der Waals surface area (Å²) in [5.41, 5.74) is 3.48. The van der Waals surface area contributed by atoms with Crippen LogP contribution < -0.4 is 14.8 Å². The molecule has 0 aromatic heterocycles. The van der Waals surface area contributed by atoms with E-state index in [1.807, 2.05) is 25.1 Å². The fraction of sp³-hybridized carbons (Fsp3) is 0.120. The second-order valence-corrected chi connectivity index (χ2v) is 7.70. The van der Waals surface area contributed by atoms with Crippen molar-refractivity contribution in [2.75, 3.05) is 19.0 Å². The number of benzene rings is 3. The minimum absolute atomic E-state index is 0.213. The van der Waals surface area contributed by atoms with Gasteiger partial charge in [-0.3, -0.25) is 4.79 Å². The Hall–Kier alpha value is -3.46. The summed E-state index contributed by atoms with van der Waals surface area (Å²) in [4.78, 5) is 12.2. The van der Waals surface area contributed by atoms with Crippen LogP contribution in [0.5, 0.6) is 11.5 Å². The summed E-state index contributed by atoms with van der Waals surface area (Å²) in [5, 5.41) is 13.2. The topological polar surface area (TPSA) is 71.3 Å². The van der Waals surface area contributed by atoms with Crippen molar-refractivity contribution in [3.63, 3.8) is 0 Å². The lowest BCUT2D eigenvalue weighted by atomic mass is 10.0. The van der Waals surface area contributed by atoms with E-state index < -0.39 is 0 Å². The number of allylic oxidation sites excluding steroid dienone is 1. The van der Waals surface area contributed by atoms with Crippen LogP contribution in [0.3, 0.4) is 0 Å². The summed E-state index contributed by atoms with van der Waals surface area (Å²) in [5.74, 6) is 0.741. The van der Waals surface area contributed by atoms with Crippen molar-refractivity contribution >= 4 is 46.4 Å². The summed E-state index contributed by atoms with van der Waals surface area (Å²) in [6, 6.07) is 19.8. The Morgan fingerprint density at radius 3 is 2.44 bits per heavy atom. The van der Waals surface area contributed by atoms with Gasteiger partial charge >= 0.3 is 0 Å². The lowest BCUT2D eigenvalue weighted by molar-refractivity contribution is -0.118. The first-order chi connectivity index (χ1) is 15.4. The predicted octanol–water partition coefficient (Wildman–Crippen LogP) is 6.39. The van der Waals surface area contributed by atoms with Crippen molar-refractivity contribution in [2.45, 2.75) is 6.92 Å². The first-order valence-corrected chi connectivity index (χ1v) is 10.4. The molecule has 3 rings (SSSR count). The molecule has 1 amide bonds. The molecule has 0 bridgehead atoms. The Morgan fingerprint density at radius 1 is 1.06 bits per heavy atom. The minimum atomic E-state index is -0.337. The molecule has 7 heteroatoms. The van der Waals surface area contributed by atoms with Gasteiger partial charge in [-0.1, -0.05) is 35.3 Å². The Morgan fingerprint density at radius 2 is 1.81 bits per heavy atom. The number of hydrogen-bond donors (Lipinski definition) is 1. The molecule has 3 aromatic carbocycles. The summed E-state index contributed by atoms with van der Waals surface area (Å²) < 4.78 is 10.7. The normalized spacial score (nSPS) is 10.9. The summed E-state index contributed by atoms with van der Waals surface area (Å²) >= 11 is 12.4. The standard InChI is InChI=1S/C25H20Cl2N2O3/c1-16-3-7-20(13-22(16)26)29-25(30)15-32-24-10-4-17(12-23(24)27)11-19(14-28)18-5-8-21(31-2)9-6-18/h3-13H,15H2,1-2H3,(H,29,30)/b19-11+. The molecule has 0 aliphatic heterocycles. The van der Waals surface area contributed by atoms with E-state index in [1.54, 1.807) is 55.7 Å². The van der Waals surface area contributed by atoms with Crippen molar-refractivity contribution < 1.29 is 14.3 Å². The molecule has 3 aromatic rings. The highest BCUT2D eigenvalue weighted by molar-refractivity contribution is 6.32. The first-order valence-electron chi connectivity index (χ1n) is 9.64. The molecule has 0 spiro atoms. The summed E-state index contributed by atoms with van der Waals surface area (Å²) in [6.07, 6.45) is 1.73. The van der Waals surface area contributed by atoms with Crippen molar-refractivity contribution in [1.82, 2.24) is 0 Å². The number of nitrogens with zero attached hydrogens (tertiary/aromatic N) is 1. The van der Waals surface area contributed by atoms with Crippen LogP contribution in [-0.2, 0) is 4.79 Å². The van der Waals surface area contributed by atoms with E-state index in [4.69, 9.17) is 32.7 Å². The lowest BCUT2D eigenvalue weighted by Gasteiger charge is -2.10. The van der Waals surface area contributed by atoms with Gasteiger partial charge in [0.05, 0.1) is 23.8 Å². The van der Waals surface area contributed by atoms with Gasteiger partial charge in [0.25, 0.3) is 5.91 Å². The number of carbonyl (C=O) groups excluding carboxylic acids is 1. The second kappa shape index (κ2) is 10.7. The fourth-order valence-corrected chi connectivity index (χ4v) is 3.28. The van der Waals surface area contributed by atoms with Crippen molar-refractivity contribution in [1.29, 1.82) is 5.26 Å². The number of aryl methyl sites for hydroxylation is 1. The number of nitrogens with one attached hydrogen (secondary N) is 1. The van der Waals surface area contributed by atoms with Gasteiger partial charge in [-0.15, -0.1) is 0 Å². The van der Waals surface area contributed by atoms with Crippen LogP contribution in [0.2, 0.25) is 10.0 Å². The molecule has 0 aliphatic carbocycles. The van der Waals surface area contributed by atoms with Crippen molar-refractivity contribution in [2.24, 2.45) is 0 Å². The highest BCUT2D eigenvalue weighted by Crippen LogP contribution is 2.28. The molecule has 0 atom stereocenters. The number of rotatable bonds is 7. The zero-order valence-electron chi connectivity index (χ0n) is 17.5. The van der Waals surface area contributed by atoms with Crippen LogP contribution in [0.4, 0.5) is 5.69 Å². The molecule has 32 heavy (non-hydrogen) atoms. The molecule has 5 nitrogen and oxygen atoms in total. The average Bonchev–Trinajstić information content (AvgIpc) is 2.79. The SMILES string of the molecule is COc1ccc(/C(C#N)=C/c2ccc(OCC(=O)Nc3ccc(C)c(Cl)c3)c(Cl)c2)cc1. The van der Waals surface area contributed by atoms with Crippen LogP contribution in [0.1, 0.15) is 16.7 Å². The van der Waals surface area contributed by atoms with Crippen LogP contribution in [-0.4, -0.2) is 19.6 Å².